The first-order chi connectivity index (χ1) is 8.78. The fraction of sp³-hybridized carbons (Fsp3) is 0.600. The van der Waals surface area contributed by atoms with E-state index in [2.05, 4.69) is 45.5 Å². The number of hydrogen-bond donors (Lipinski definition) is 1. The summed E-state index contributed by atoms with van der Waals surface area (Å²) in [6.45, 7) is 0.944. The van der Waals surface area contributed by atoms with Crippen LogP contribution >= 0.6 is 15.9 Å². The zero-order valence-electron chi connectivity index (χ0n) is 11.0. The molecule has 1 aromatic carbocycles. The molecule has 1 N–H and O–H groups in total. The van der Waals surface area contributed by atoms with Gasteiger partial charge in [0.25, 0.3) is 0 Å². The molecule has 1 saturated heterocycles. The third kappa shape index (κ3) is 4.38. The summed E-state index contributed by atoms with van der Waals surface area (Å²) in [6.07, 6.45) is 6.41. The minimum absolute atomic E-state index is 0.451. The van der Waals surface area contributed by atoms with Crippen molar-refractivity contribution in [1.82, 2.24) is 5.32 Å². The molecule has 2 nitrogen and oxygen atoms in total. The standard InChI is InChI=1S/C15H22BrNO/c1-17-14(11-15-4-2-3-9-18-15)10-12-5-7-13(16)8-6-12/h5-8,14-15,17H,2-4,9-11H2,1H3. The Bertz CT molecular complexity index is 346. The summed E-state index contributed by atoms with van der Waals surface area (Å²) in [7, 11) is 2.05. The Kier molecular flexibility index (Phi) is 5.67. The van der Waals surface area contributed by atoms with Gasteiger partial charge in [-0.3, -0.25) is 0 Å². The molecule has 2 atom stereocenters. The van der Waals surface area contributed by atoms with Crippen molar-refractivity contribution in [2.75, 3.05) is 13.7 Å². The van der Waals surface area contributed by atoms with E-state index in [4.69, 9.17) is 4.74 Å². The number of hydrogen-bond acceptors (Lipinski definition) is 2. The molecule has 3 heteroatoms. The van der Waals surface area contributed by atoms with E-state index in [1.54, 1.807) is 0 Å². The Morgan fingerprint density at radius 3 is 2.72 bits per heavy atom. The third-order valence-electron chi connectivity index (χ3n) is 3.63. The topological polar surface area (TPSA) is 21.3 Å². The highest BCUT2D eigenvalue weighted by atomic mass is 79.9. The molecule has 1 aliphatic rings. The predicted molar refractivity (Wildman–Crippen MR) is 78.9 cm³/mol. The molecular weight excluding hydrogens is 290 g/mol. The number of halogens is 1. The van der Waals surface area contributed by atoms with Crippen LogP contribution in [0.1, 0.15) is 31.2 Å². The summed E-state index contributed by atoms with van der Waals surface area (Å²) < 4.78 is 6.96. The van der Waals surface area contributed by atoms with E-state index in [-0.39, 0.29) is 0 Å². The van der Waals surface area contributed by atoms with Gasteiger partial charge in [0, 0.05) is 17.1 Å². The first-order valence-corrected chi connectivity index (χ1v) is 7.60. The lowest BCUT2D eigenvalue weighted by Crippen LogP contribution is -2.34. The van der Waals surface area contributed by atoms with Crippen LogP contribution in [0.15, 0.2) is 28.7 Å². The number of likely N-dealkylation sites (N-methyl/N-ethyl adjacent to an activating group) is 1. The Balaban J connectivity index is 1.86. The predicted octanol–water partition coefficient (Wildman–Crippen LogP) is 3.54. The van der Waals surface area contributed by atoms with Gasteiger partial charge < -0.3 is 10.1 Å². The van der Waals surface area contributed by atoms with Crippen LogP contribution < -0.4 is 5.32 Å². The number of benzene rings is 1. The normalized spacial score (nSPS) is 21.8. The second-order valence-corrected chi connectivity index (χ2v) is 5.96. The summed E-state index contributed by atoms with van der Waals surface area (Å²) in [5, 5.41) is 3.42. The summed E-state index contributed by atoms with van der Waals surface area (Å²) in [5.74, 6) is 0. The highest BCUT2D eigenvalue weighted by Crippen LogP contribution is 2.19. The maximum absolute atomic E-state index is 5.82. The van der Waals surface area contributed by atoms with Crippen LogP contribution in [0.5, 0.6) is 0 Å². The molecule has 1 heterocycles. The van der Waals surface area contributed by atoms with Gasteiger partial charge >= 0.3 is 0 Å². The van der Waals surface area contributed by atoms with Crippen LogP contribution in [-0.2, 0) is 11.2 Å². The van der Waals surface area contributed by atoms with E-state index in [9.17, 15) is 0 Å². The molecule has 0 aliphatic carbocycles. The van der Waals surface area contributed by atoms with Crippen molar-refractivity contribution in [2.45, 2.75) is 44.2 Å². The second-order valence-electron chi connectivity index (χ2n) is 5.04. The van der Waals surface area contributed by atoms with Gasteiger partial charge in [-0.05, 0) is 56.8 Å². The largest absolute Gasteiger partial charge is 0.378 e. The molecular formula is C15H22BrNO. The molecule has 1 aromatic rings. The zero-order valence-corrected chi connectivity index (χ0v) is 12.6. The summed E-state index contributed by atoms with van der Waals surface area (Å²) in [4.78, 5) is 0. The molecule has 0 spiro atoms. The van der Waals surface area contributed by atoms with Crippen LogP contribution in [-0.4, -0.2) is 25.8 Å². The van der Waals surface area contributed by atoms with Gasteiger partial charge in [0.2, 0.25) is 0 Å². The van der Waals surface area contributed by atoms with Gasteiger partial charge in [0.15, 0.2) is 0 Å². The molecule has 100 valence electrons. The SMILES string of the molecule is CNC(Cc1ccc(Br)cc1)CC1CCCCO1. The molecule has 2 rings (SSSR count). The van der Waals surface area contributed by atoms with Gasteiger partial charge in [-0.2, -0.15) is 0 Å². The van der Waals surface area contributed by atoms with E-state index in [0.717, 1.165) is 23.9 Å². The van der Waals surface area contributed by atoms with Gasteiger partial charge in [0.1, 0.15) is 0 Å². The highest BCUT2D eigenvalue weighted by Gasteiger charge is 2.18. The van der Waals surface area contributed by atoms with Gasteiger partial charge in [-0.15, -0.1) is 0 Å². The minimum Gasteiger partial charge on any atom is -0.378 e. The second kappa shape index (κ2) is 7.27. The van der Waals surface area contributed by atoms with Crippen molar-refractivity contribution in [1.29, 1.82) is 0 Å². The average Bonchev–Trinajstić information content (AvgIpc) is 2.41. The Morgan fingerprint density at radius 1 is 1.33 bits per heavy atom. The van der Waals surface area contributed by atoms with Crippen molar-refractivity contribution in [3.63, 3.8) is 0 Å². The van der Waals surface area contributed by atoms with Crippen LogP contribution in [0.4, 0.5) is 0 Å². The van der Waals surface area contributed by atoms with Crippen molar-refractivity contribution >= 4 is 15.9 Å². The fourth-order valence-electron chi connectivity index (χ4n) is 2.52. The Labute approximate surface area is 118 Å². The van der Waals surface area contributed by atoms with Crippen molar-refractivity contribution in [3.05, 3.63) is 34.3 Å². The molecule has 0 bridgehead atoms. The molecule has 0 aromatic heterocycles. The van der Waals surface area contributed by atoms with E-state index < -0.39 is 0 Å². The smallest absolute Gasteiger partial charge is 0.0590 e. The number of ether oxygens (including phenoxy) is 1. The molecule has 1 aliphatic heterocycles. The lowest BCUT2D eigenvalue weighted by Gasteiger charge is -2.27. The zero-order chi connectivity index (χ0) is 12.8. The maximum atomic E-state index is 5.82. The van der Waals surface area contributed by atoms with Gasteiger partial charge in [-0.1, -0.05) is 28.1 Å². The molecule has 0 radical (unpaired) electrons. The first kappa shape index (κ1) is 14.0. The highest BCUT2D eigenvalue weighted by molar-refractivity contribution is 9.10. The minimum atomic E-state index is 0.451. The van der Waals surface area contributed by atoms with E-state index in [0.29, 0.717) is 12.1 Å². The molecule has 18 heavy (non-hydrogen) atoms. The van der Waals surface area contributed by atoms with Crippen molar-refractivity contribution < 1.29 is 4.74 Å². The van der Waals surface area contributed by atoms with Crippen molar-refractivity contribution in [3.8, 4) is 0 Å². The number of rotatable bonds is 5. The van der Waals surface area contributed by atoms with Crippen molar-refractivity contribution in [2.24, 2.45) is 0 Å². The van der Waals surface area contributed by atoms with E-state index in [1.807, 2.05) is 7.05 Å². The van der Waals surface area contributed by atoms with E-state index >= 15 is 0 Å². The Morgan fingerprint density at radius 2 is 2.11 bits per heavy atom. The Hall–Kier alpha value is -0.380. The quantitative estimate of drug-likeness (QED) is 0.898. The molecule has 0 saturated carbocycles. The van der Waals surface area contributed by atoms with Gasteiger partial charge in [-0.25, -0.2) is 0 Å². The van der Waals surface area contributed by atoms with Crippen LogP contribution in [0.2, 0.25) is 0 Å². The van der Waals surface area contributed by atoms with Crippen LogP contribution in [0.25, 0.3) is 0 Å². The summed E-state index contributed by atoms with van der Waals surface area (Å²) >= 11 is 3.47. The lowest BCUT2D eigenvalue weighted by atomic mass is 9.97. The summed E-state index contributed by atoms with van der Waals surface area (Å²) in [6, 6.07) is 9.11. The van der Waals surface area contributed by atoms with Gasteiger partial charge in [0.05, 0.1) is 6.10 Å². The molecule has 1 fully saturated rings. The first-order valence-electron chi connectivity index (χ1n) is 6.81. The summed E-state index contributed by atoms with van der Waals surface area (Å²) in [5.41, 5.74) is 1.38. The van der Waals surface area contributed by atoms with E-state index in [1.165, 1.54) is 24.8 Å². The monoisotopic (exact) mass is 311 g/mol. The third-order valence-corrected chi connectivity index (χ3v) is 4.15. The average molecular weight is 312 g/mol. The lowest BCUT2D eigenvalue weighted by molar-refractivity contribution is 0.00569. The molecule has 0 amide bonds. The van der Waals surface area contributed by atoms with Crippen LogP contribution in [0.3, 0.4) is 0 Å². The van der Waals surface area contributed by atoms with Crippen LogP contribution in [0, 0.1) is 0 Å². The number of nitrogens with one attached hydrogen (secondary N) is 1. The molecule has 2 unspecified atom stereocenters. The fourth-order valence-corrected chi connectivity index (χ4v) is 2.78. The maximum Gasteiger partial charge on any atom is 0.0590 e.